The van der Waals surface area contributed by atoms with Gasteiger partial charge in [-0.3, -0.25) is 4.79 Å². The van der Waals surface area contributed by atoms with Crippen LogP contribution in [-0.4, -0.2) is 36.7 Å². The second-order valence-electron chi connectivity index (χ2n) is 6.15. The van der Waals surface area contributed by atoms with Crippen LogP contribution in [-0.2, 0) is 30.3 Å². The number of esters is 1. The molecule has 1 unspecified atom stereocenters. The van der Waals surface area contributed by atoms with Crippen LogP contribution in [0.3, 0.4) is 0 Å². The van der Waals surface area contributed by atoms with Crippen LogP contribution in [0.4, 0.5) is 0 Å². The zero-order valence-corrected chi connectivity index (χ0v) is 16.0. The van der Waals surface area contributed by atoms with Crippen molar-refractivity contribution in [3.05, 3.63) is 46.5 Å². The van der Waals surface area contributed by atoms with E-state index < -0.39 is 30.1 Å². The van der Waals surface area contributed by atoms with Crippen LogP contribution in [0.15, 0.2) is 30.9 Å². The molecule has 0 bridgehead atoms. The van der Waals surface area contributed by atoms with Gasteiger partial charge in [-0.1, -0.05) is 35.8 Å². The summed E-state index contributed by atoms with van der Waals surface area (Å²) in [5.41, 5.74) is 0.652. The highest BCUT2D eigenvalue weighted by Crippen LogP contribution is 2.30. The van der Waals surface area contributed by atoms with Crippen molar-refractivity contribution in [3.8, 4) is 0 Å². The van der Waals surface area contributed by atoms with Crippen molar-refractivity contribution in [2.45, 2.75) is 51.5 Å². The van der Waals surface area contributed by atoms with E-state index in [1.807, 2.05) is 13.8 Å². The Morgan fingerprint density at radius 3 is 2.56 bits per heavy atom. The van der Waals surface area contributed by atoms with Gasteiger partial charge < -0.3 is 18.9 Å². The molecular weight excluding hydrogens is 367 g/mol. The van der Waals surface area contributed by atoms with Gasteiger partial charge in [0.25, 0.3) is 0 Å². The summed E-state index contributed by atoms with van der Waals surface area (Å²) < 4.78 is 22.8. The first-order valence-corrected chi connectivity index (χ1v) is 8.65. The summed E-state index contributed by atoms with van der Waals surface area (Å²) in [7, 11) is 0. The summed E-state index contributed by atoms with van der Waals surface area (Å²) in [5.74, 6) is -1.18. The van der Waals surface area contributed by atoms with Crippen molar-refractivity contribution in [3.63, 3.8) is 0 Å². The van der Waals surface area contributed by atoms with E-state index >= 15 is 0 Å². The number of halogens is 2. The maximum Gasteiger partial charge on any atom is 0.303 e. The van der Waals surface area contributed by atoms with E-state index in [-0.39, 0.29) is 6.61 Å². The van der Waals surface area contributed by atoms with E-state index in [1.165, 1.54) is 13.0 Å². The summed E-state index contributed by atoms with van der Waals surface area (Å²) >= 11 is 12.4. The molecule has 0 N–H and O–H groups in total. The minimum absolute atomic E-state index is 0.134. The minimum atomic E-state index is -0.740. The van der Waals surface area contributed by atoms with E-state index in [1.54, 1.807) is 18.2 Å². The molecule has 0 radical (unpaired) electrons. The van der Waals surface area contributed by atoms with Gasteiger partial charge in [-0.15, -0.1) is 0 Å². The Labute approximate surface area is 157 Å². The maximum atomic E-state index is 11.4. The Morgan fingerprint density at radius 1 is 1.44 bits per heavy atom. The first kappa shape index (κ1) is 20.2. The second-order valence-corrected chi connectivity index (χ2v) is 6.97. The average Bonchev–Trinajstić information content (AvgIpc) is 2.88. The first-order chi connectivity index (χ1) is 11.7. The van der Waals surface area contributed by atoms with Gasteiger partial charge in [-0.2, -0.15) is 0 Å². The number of hydrogen-bond acceptors (Lipinski definition) is 5. The Bertz CT molecular complexity index is 612. The van der Waals surface area contributed by atoms with Crippen LogP contribution in [0.1, 0.15) is 26.3 Å². The molecule has 1 fully saturated rings. The molecule has 7 heteroatoms. The third kappa shape index (κ3) is 5.43. The zero-order valence-electron chi connectivity index (χ0n) is 14.5. The normalized spacial score (nSPS) is 21.6. The van der Waals surface area contributed by atoms with Gasteiger partial charge in [0.1, 0.15) is 18.3 Å². The third-order valence-electron chi connectivity index (χ3n) is 3.74. The molecule has 0 spiro atoms. The molecule has 1 aliphatic heterocycles. The molecule has 138 valence electrons. The Kier molecular flexibility index (Phi) is 6.88. The fraction of sp³-hybridized carbons (Fsp3) is 0.500. The van der Waals surface area contributed by atoms with Crippen molar-refractivity contribution >= 4 is 29.2 Å². The van der Waals surface area contributed by atoms with Gasteiger partial charge >= 0.3 is 5.97 Å². The van der Waals surface area contributed by atoms with Gasteiger partial charge in [-0.25, -0.2) is 0 Å². The van der Waals surface area contributed by atoms with E-state index in [0.29, 0.717) is 22.2 Å². The lowest BCUT2D eigenvalue weighted by atomic mass is 10.1. The molecule has 5 nitrogen and oxygen atoms in total. The number of carbonyl (C=O) groups excluding carboxylic acids is 1. The summed E-state index contributed by atoms with van der Waals surface area (Å²) in [6, 6.07) is 5.22. The fourth-order valence-electron chi connectivity index (χ4n) is 2.58. The molecule has 1 heterocycles. The maximum absolute atomic E-state index is 11.4. The molecule has 1 aromatic rings. The SMILES string of the molecule is C=CC(OC(C)=O)[C@H](OCc1c(Cl)cccc1Cl)[C@H]1COC(C)(C)O1. The molecule has 3 atom stereocenters. The van der Waals surface area contributed by atoms with Gasteiger partial charge in [0.2, 0.25) is 0 Å². The molecule has 0 saturated carbocycles. The predicted molar refractivity (Wildman–Crippen MR) is 95.7 cm³/mol. The highest BCUT2D eigenvalue weighted by atomic mass is 35.5. The summed E-state index contributed by atoms with van der Waals surface area (Å²) in [6.07, 6.45) is -0.231. The first-order valence-electron chi connectivity index (χ1n) is 7.89. The van der Waals surface area contributed by atoms with E-state index in [2.05, 4.69) is 6.58 Å². The summed E-state index contributed by atoms with van der Waals surface area (Å²) in [6.45, 7) is 9.11. The van der Waals surface area contributed by atoms with Crippen LogP contribution in [0.5, 0.6) is 0 Å². The molecule has 1 aliphatic rings. The molecule has 1 aromatic carbocycles. The Morgan fingerprint density at radius 2 is 2.08 bits per heavy atom. The quantitative estimate of drug-likeness (QED) is 0.518. The highest BCUT2D eigenvalue weighted by Gasteiger charge is 2.41. The van der Waals surface area contributed by atoms with Crippen LogP contribution in [0, 0.1) is 0 Å². The number of hydrogen-bond donors (Lipinski definition) is 0. The zero-order chi connectivity index (χ0) is 18.6. The lowest BCUT2D eigenvalue weighted by molar-refractivity contribution is -0.177. The number of carbonyl (C=O) groups is 1. The number of rotatable bonds is 7. The van der Waals surface area contributed by atoms with Crippen molar-refractivity contribution in [2.24, 2.45) is 0 Å². The van der Waals surface area contributed by atoms with Gasteiger partial charge in [0, 0.05) is 22.5 Å². The van der Waals surface area contributed by atoms with Crippen LogP contribution in [0.2, 0.25) is 10.0 Å². The lowest BCUT2D eigenvalue weighted by Gasteiger charge is -2.29. The third-order valence-corrected chi connectivity index (χ3v) is 4.45. The van der Waals surface area contributed by atoms with Crippen LogP contribution >= 0.6 is 23.2 Å². The molecule has 0 aromatic heterocycles. The van der Waals surface area contributed by atoms with Crippen LogP contribution < -0.4 is 0 Å². The molecular formula is C18H22Cl2O5. The van der Waals surface area contributed by atoms with E-state index in [4.69, 9.17) is 42.1 Å². The largest absolute Gasteiger partial charge is 0.455 e. The van der Waals surface area contributed by atoms with E-state index in [0.717, 1.165) is 0 Å². The molecule has 0 aliphatic carbocycles. The van der Waals surface area contributed by atoms with Gasteiger partial charge in [0.15, 0.2) is 5.79 Å². The lowest BCUT2D eigenvalue weighted by Crippen LogP contribution is -2.43. The van der Waals surface area contributed by atoms with Crippen molar-refractivity contribution < 1.29 is 23.7 Å². The van der Waals surface area contributed by atoms with Gasteiger partial charge in [-0.05, 0) is 32.1 Å². The van der Waals surface area contributed by atoms with Gasteiger partial charge in [0.05, 0.1) is 13.2 Å². The van der Waals surface area contributed by atoms with Crippen molar-refractivity contribution in [1.82, 2.24) is 0 Å². The van der Waals surface area contributed by atoms with Crippen LogP contribution in [0.25, 0.3) is 0 Å². The molecule has 25 heavy (non-hydrogen) atoms. The fourth-order valence-corrected chi connectivity index (χ4v) is 3.09. The molecule has 0 amide bonds. The average molecular weight is 389 g/mol. The standard InChI is InChI=1S/C18H22Cl2O5/c1-5-15(24-11(2)21)17(16-10-23-18(3,4)25-16)22-9-12-13(19)7-6-8-14(12)20/h5-8,15-17H,1,9-10H2,2-4H3/t15?,16-,17+/m1/s1. The summed E-state index contributed by atoms with van der Waals surface area (Å²) in [5, 5.41) is 0.996. The monoisotopic (exact) mass is 388 g/mol. The van der Waals surface area contributed by atoms with E-state index in [9.17, 15) is 4.79 Å². The minimum Gasteiger partial charge on any atom is -0.455 e. The Balaban J connectivity index is 2.19. The molecule has 2 rings (SSSR count). The Hall–Kier alpha value is -1.11. The smallest absolute Gasteiger partial charge is 0.303 e. The van der Waals surface area contributed by atoms with Crippen molar-refractivity contribution in [2.75, 3.05) is 6.61 Å². The number of ether oxygens (including phenoxy) is 4. The molecule has 1 saturated heterocycles. The topological polar surface area (TPSA) is 54.0 Å². The second kappa shape index (κ2) is 8.52. The summed E-state index contributed by atoms with van der Waals surface area (Å²) in [4.78, 5) is 11.4. The highest BCUT2D eigenvalue weighted by molar-refractivity contribution is 6.35. The number of benzene rings is 1. The van der Waals surface area contributed by atoms with Crippen molar-refractivity contribution in [1.29, 1.82) is 0 Å². The predicted octanol–water partition coefficient (Wildman–Crippen LogP) is 4.15.